The van der Waals surface area contributed by atoms with Crippen LogP contribution in [0.5, 0.6) is 0 Å². The quantitative estimate of drug-likeness (QED) is 0.802. The fourth-order valence-electron chi connectivity index (χ4n) is 2.66. The van der Waals surface area contributed by atoms with Gasteiger partial charge in [-0.05, 0) is 57.0 Å². The molecule has 1 N–H and O–H groups in total. The molecule has 2 rings (SSSR count). The van der Waals surface area contributed by atoms with E-state index in [-0.39, 0.29) is 0 Å². The van der Waals surface area contributed by atoms with Crippen LogP contribution in [-0.4, -0.2) is 36.3 Å². The van der Waals surface area contributed by atoms with Gasteiger partial charge >= 0.3 is 0 Å². The normalized spacial score (nSPS) is 29.4. The molecule has 2 aliphatic rings. The van der Waals surface area contributed by atoms with E-state index in [9.17, 15) is 0 Å². The van der Waals surface area contributed by atoms with Crippen molar-refractivity contribution in [2.24, 2.45) is 0 Å². The molecule has 0 aromatic heterocycles. The summed E-state index contributed by atoms with van der Waals surface area (Å²) in [6, 6.07) is 1.44. The number of hydrogen-bond acceptors (Lipinski definition) is 3. The van der Waals surface area contributed by atoms with Crippen LogP contribution >= 0.6 is 11.8 Å². The van der Waals surface area contributed by atoms with Gasteiger partial charge in [-0.1, -0.05) is 0 Å². The maximum atomic E-state index is 5.66. The van der Waals surface area contributed by atoms with E-state index in [1.54, 1.807) is 0 Å². The summed E-state index contributed by atoms with van der Waals surface area (Å²) in [5, 5.41) is 3.77. The fourth-order valence-corrected chi connectivity index (χ4v) is 3.76. The van der Waals surface area contributed by atoms with Gasteiger partial charge < -0.3 is 10.1 Å². The third kappa shape index (κ3) is 4.27. The first-order valence-electron chi connectivity index (χ1n) is 6.80. The maximum Gasteiger partial charge on any atom is 0.0576 e. The topological polar surface area (TPSA) is 21.3 Å². The first-order chi connectivity index (χ1) is 7.84. The second-order valence-corrected chi connectivity index (χ2v) is 6.39. The summed E-state index contributed by atoms with van der Waals surface area (Å²) in [6.45, 7) is 3.32. The summed E-state index contributed by atoms with van der Waals surface area (Å²) in [6.07, 6.45) is 8.35. The van der Waals surface area contributed by atoms with Gasteiger partial charge in [-0.2, -0.15) is 11.8 Å². The molecule has 94 valence electrons. The Bertz CT molecular complexity index is 188. The van der Waals surface area contributed by atoms with Crippen molar-refractivity contribution in [3.05, 3.63) is 0 Å². The molecule has 0 aromatic carbocycles. The standard InChI is InChI=1S/C13H25NOS/c1-11(4-5-13-3-2-8-15-13)14-12-6-9-16-10-7-12/h11-14H,2-10H2,1H3. The molecule has 0 aromatic rings. The van der Waals surface area contributed by atoms with Crippen LogP contribution in [0.15, 0.2) is 0 Å². The lowest BCUT2D eigenvalue weighted by atomic mass is 10.0. The molecule has 2 aliphatic heterocycles. The summed E-state index contributed by atoms with van der Waals surface area (Å²) in [5.74, 6) is 2.69. The average Bonchev–Trinajstić information content (AvgIpc) is 2.81. The summed E-state index contributed by atoms with van der Waals surface area (Å²) in [7, 11) is 0. The number of rotatable bonds is 5. The van der Waals surface area contributed by atoms with Gasteiger partial charge in [0.05, 0.1) is 6.10 Å². The number of thioether (sulfide) groups is 1. The average molecular weight is 243 g/mol. The van der Waals surface area contributed by atoms with Crippen LogP contribution in [0.25, 0.3) is 0 Å². The largest absolute Gasteiger partial charge is 0.378 e. The molecule has 2 atom stereocenters. The Kier molecular flexibility index (Phi) is 5.46. The lowest BCUT2D eigenvalue weighted by Crippen LogP contribution is -2.39. The highest BCUT2D eigenvalue weighted by atomic mass is 32.2. The molecule has 16 heavy (non-hydrogen) atoms. The molecule has 2 heterocycles. The van der Waals surface area contributed by atoms with Crippen LogP contribution in [0, 0.1) is 0 Å². The Hall–Kier alpha value is 0.270. The van der Waals surface area contributed by atoms with Gasteiger partial charge in [0, 0.05) is 18.7 Å². The summed E-state index contributed by atoms with van der Waals surface area (Å²) in [5.41, 5.74) is 0. The monoisotopic (exact) mass is 243 g/mol. The van der Waals surface area contributed by atoms with Crippen LogP contribution in [0.4, 0.5) is 0 Å². The summed E-state index contributed by atoms with van der Waals surface area (Å²) >= 11 is 2.10. The lowest BCUT2D eigenvalue weighted by molar-refractivity contribution is 0.0996. The minimum Gasteiger partial charge on any atom is -0.378 e. The van der Waals surface area contributed by atoms with Crippen molar-refractivity contribution < 1.29 is 4.74 Å². The highest BCUT2D eigenvalue weighted by Gasteiger charge is 2.19. The van der Waals surface area contributed by atoms with Crippen LogP contribution in [0.3, 0.4) is 0 Å². The Morgan fingerprint density at radius 1 is 1.31 bits per heavy atom. The molecule has 2 nitrogen and oxygen atoms in total. The molecular weight excluding hydrogens is 218 g/mol. The molecule has 2 fully saturated rings. The molecule has 0 radical (unpaired) electrons. The van der Waals surface area contributed by atoms with Gasteiger partial charge in [-0.25, -0.2) is 0 Å². The minimum absolute atomic E-state index is 0.561. The third-order valence-corrected chi connectivity index (χ3v) is 4.74. The van der Waals surface area contributed by atoms with Crippen molar-refractivity contribution in [3.8, 4) is 0 Å². The van der Waals surface area contributed by atoms with E-state index in [4.69, 9.17) is 4.74 Å². The fraction of sp³-hybridized carbons (Fsp3) is 1.00. The first kappa shape index (κ1) is 12.7. The molecule has 0 spiro atoms. The van der Waals surface area contributed by atoms with Crippen LogP contribution in [0.2, 0.25) is 0 Å². The van der Waals surface area contributed by atoms with Crippen LogP contribution in [-0.2, 0) is 4.74 Å². The molecule has 3 heteroatoms. The van der Waals surface area contributed by atoms with E-state index in [2.05, 4.69) is 24.0 Å². The zero-order chi connectivity index (χ0) is 11.2. The zero-order valence-electron chi connectivity index (χ0n) is 10.4. The minimum atomic E-state index is 0.561. The van der Waals surface area contributed by atoms with Gasteiger partial charge in [-0.3, -0.25) is 0 Å². The SMILES string of the molecule is CC(CCC1CCCO1)NC1CCSCC1. The third-order valence-electron chi connectivity index (χ3n) is 3.69. The number of ether oxygens (including phenoxy) is 1. The van der Waals surface area contributed by atoms with Crippen molar-refractivity contribution in [1.29, 1.82) is 0 Å². The lowest BCUT2D eigenvalue weighted by Gasteiger charge is -2.26. The van der Waals surface area contributed by atoms with Gasteiger partial charge in [0.1, 0.15) is 0 Å². The Morgan fingerprint density at radius 3 is 2.81 bits per heavy atom. The molecule has 2 unspecified atom stereocenters. The summed E-state index contributed by atoms with van der Waals surface area (Å²) in [4.78, 5) is 0. The van der Waals surface area contributed by atoms with E-state index in [1.165, 1.54) is 50.0 Å². The second-order valence-electron chi connectivity index (χ2n) is 5.17. The van der Waals surface area contributed by atoms with Crippen molar-refractivity contribution in [2.75, 3.05) is 18.1 Å². The van der Waals surface area contributed by atoms with Gasteiger partial charge in [0.25, 0.3) is 0 Å². The Morgan fingerprint density at radius 2 is 2.12 bits per heavy atom. The summed E-state index contributed by atoms with van der Waals surface area (Å²) < 4.78 is 5.66. The molecular formula is C13H25NOS. The van der Waals surface area contributed by atoms with Gasteiger partial charge in [0.2, 0.25) is 0 Å². The Balaban J connectivity index is 1.57. The van der Waals surface area contributed by atoms with E-state index in [0.717, 1.165) is 12.6 Å². The molecule has 0 saturated carbocycles. The van der Waals surface area contributed by atoms with Crippen LogP contribution in [0.1, 0.15) is 45.4 Å². The molecule has 0 aliphatic carbocycles. The maximum absolute atomic E-state index is 5.66. The van der Waals surface area contributed by atoms with E-state index in [1.807, 2.05) is 0 Å². The van der Waals surface area contributed by atoms with Gasteiger partial charge in [-0.15, -0.1) is 0 Å². The van der Waals surface area contributed by atoms with Crippen molar-refractivity contribution >= 4 is 11.8 Å². The van der Waals surface area contributed by atoms with E-state index in [0.29, 0.717) is 12.1 Å². The predicted octanol–water partition coefficient (Wildman–Crippen LogP) is 2.82. The zero-order valence-corrected chi connectivity index (χ0v) is 11.2. The van der Waals surface area contributed by atoms with E-state index < -0.39 is 0 Å². The highest BCUT2D eigenvalue weighted by molar-refractivity contribution is 7.99. The molecule has 0 bridgehead atoms. The number of hydrogen-bond donors (Lipinski definition) is 1. The van der Waals surface area contributed by atoms with E-state index >= 15 is 0 Å². The van der Waals surface area contributed by atoms with Crippen molar-refractivity contribution in [1.82, 2.24) is 5.32 Å². The predicted molar refractivity (Wildman–Crippen MR) is 71.2 cm³/mol. The second kappa shape index (κ2) is 6.87. The van der Waals surface area contributed by atoms with Gasteiger partial charge in [0.15, 0.2) is 0 Å². The van der Waals surface area contributed by atoms with Crippen LogP contribution < -0.4 is 5.32 Å². The first-order valence-corrected chi connectivity index (χ1v) is 7.95. The molecule has 2 saturated heterocycles. The highest BCUT2D eigenvalue weighted by Crippen LogP contribution is 2.20. The number of nitrogens with one attached hydrogen (secondary N) is 1. The molecule has 0 amide bonds. The Labute approximate surface area is 104 Å². The smallest absolute Gasteiger partial charge is 0.0576 e. The van der Waals surface area contributed by atoms with Crippen molar-refractivity contribution in [3.63, 3.8) is 0 Å². The van der Waals surface area contributed by atoms with Crippen molar-refractivity contribution in [2.45, 2.75) is 63.6 Å².